The molecule has 2 N–H and O–H groups in total. The molecule has 0 amide bonds. The maximum absolute atomic E-state index is 6.08. The van der Waals surface area contributed by atoms with Crippen LogP contribution in [-0.2, 0) is 13.2 Å². The van der Waals surface area contributed by atoms with Crippen molar-refractivity contribution >= 4 is 11.5 Å². The van der Waals surface area contributed by atoms with E-state index in [1.807, 2.05) is 48.0 Å². The van der Waals surface area contributed by atoms with E-state index in [0.717, 1.165) is 45.5 Å². The van der Waals surface area contributed by atoms with Crippen LogP contribution in [0.1, 0.15) is 17.0 Å². The van der Waals surface area contributed by atoms with E-state index < -0.39 is 0 Å². The molecule has 2 aromatic heterocycles. The maximum Gasteiger partial charge on any atom is 0.152 e. The van der Waals surface area contributed by atoms with E-state index in [2.05, 4.69) is 39.8 Å². The number of hydrogen-bond acceptors (Lipinski definition) is 4. The van der Waals surface area contributed by atoms with Crippen molar-refractivity contribution in [1.29, 1.82) is 0 Å². The molecule has 27 heavy (non-hydrogen) atoms. The molecule has 1 aliphatic rings. The number of fused-ring (bicyclic) bond motifs is 2. The zero-order valence-electron chi connectivity index (χ0n) is 14.9. The van der Waals surface area contributed by atoms with Crippen molar-refractivity contribution in [3.8, 4) is 17.0 Å². The Morgan fingerprint density at radius 3 is 2.78 bits per heavy atom. The Labute approximate surface area is 156 Å². The van der Waals surface area contributed by atoms with Gasteiger partial charge in [0.1, 0.15) is 12.4 Å². The average molecular weight is 357 g/mol. The molecule has 0 bridgehead atoms. The molecule has 0 saturated carbocycles. The minimum atomic E-state index is 0.498. The summed E-state index contributed by atoms with van der Waals surface area (Å²) in [6.45, 7) is 3.17. The first-order valence-corrected chi connectivity index (χ1v) is 8.91. The van der Waals surface area contributed by atoms with E-state index in [9.17, 15) is 0 Å². The van der Waals surface area contributed by atoms with Gasteiger partial charge in [-0.15, -0.1) is 0 Å². The van der Waals surface area contributed by atoms with Gasteiger partial charge in [-0.25, -0.2) is 0 Å². The van der Waals surface area contributed by atoms with Gasteiger partial charge in [0.15, 0.2) is 5.82 Å². The maximum atomic E-state index is 6.08. The highest BCUT2D eigenvalue weighted by Crippen LogP contribution is 2.30. The molecule has 0 saturated heterocycles. The van der Waals surface area contributed by atoms with Gasteiger partial charge in [0.05, 0.1) is 17.9 Å². The topological polar surface area (TPSA) is 67.8 Å². The third-order valence-corrected chi connectivity index (χ3v) is 4.67. The molecule has 0 unspecified atom stereocenters. The molecule has 5 rings (SSSR count). The van der Waals surface area contributed by atoms with Gasteiger partial charge in [-0.05, 0) is 19.1 Å². The van der Waals surface area contributed by atoms with Gasteiger partial charge in [0, 0.05) is 34.6 Å². The van der Waals surface area contributed by atoms with Crippen molar-refractivity contribution in [3.63, 3.8) is 0 Å². The number of aromatic amines is 1. The van der Waals surface area contributed by atoms with Crippen molar-refractivity contribution in [2.24, 2.45) is 0 Å². The number of aromatic nitrogens is 4. The molecule has 134 valence electrons. The largest absolute Gasteiger partial charge is 0.487 e. The Hall–Kier alpha value is -3.54. The normalized spacial score (nSPS) is 12.6. The van der Waals surface area contributed by atoms with Gasteiger partial charge in [0.25, 0.3) is 0 Å². The third kappa shape index (κ3) is 3.06. The first kappa shape index (κ1) is 15.7. The summed E-state index contributed by atoms with van der Waals surface area (Å²) in [7, 11) is 0. The summed E-state index contributed by atoms with van der Waals surface area (Å²) in [5.74, 6) is 1.67. The standard InChI is InChI=1S/C21H19N5O/c1-14-9-21(24-23-14)22-17-8-7-16-12-26-18(13-27-20(16)10-17)11-19(25-26)15-5-3-2-4-6-15/h2-11H,12-13H2,1H3,(H2,22,23,24). The van der Waals surface area contributed by atoms with Gasteiger partial charge in [0.2, 0.25) is 0 Å². The zero-order valence-corrected chi connectivity index (χ0v) is 14.9. The predicted octanol–water partition coefficient (Wildman–Crippen LogP) is 4.27. The summed E-state index contributed by atoms with van der Waals surface area (Å²) in [6, 6.07) is 20.4. The lowest BCUT2D eigenvalue weighted by Crippen LogP contribution is -2.03. The van der Waals surface area contributed by atoms with Gasteiger partial charge in [-0.2, -0.15) is 10.2 Å². The summed E-state index contributed by atoms with van der Waals surface area (Å²) >= 11 is 0. The Bertz CT molecular complexity index is 1100. The second-order valence-corrected chi connectivity index (χ2v) is 6.72. The molecule has 6 nitrogen and oxygen atoms in total. The summed E-state index contributed by atoms with van der Waals surface area (Å²) in [6.07, 6.45) is 0. The molecular formula is C21H19N5O. The molecule has 0 spiro atoms. The van der Waals surface area contributed by atoms with Crippen molar-refractivity contribution in [1.82, 2.24) is 20.0 Å². The summed E-state index contributed by atoms with van der Waals surface area (Å²) < 4.78 is 8.10. The molecule has 0 fully saturated rings. The van der Waals surface area contributed by atoms with Crippen LogP contribution in [0, 0.1) is 6.92 Å². The second-order valence-electron chi connectivity index (χ2n) is 6.72. The number of nitrogens with zero attached hydrogens (tertiary/aromatic N) is 3. The summed E-state index contributed by atoms with van der Waals surface area (Å²) in [5, 5.41) is 15.2. The number of aryl methyl sites for hydroxylation is 1. The molecule has 1 aliphatic heterocycles. The fourth-order valence-electron chi connectivity index (χ4n) is 3.30. The van der Waals surface area contributed by atoms with Crippen LogP contribution in [0.2, 0.25) is 0 Å². The third-order valence-electron chi connectivity index (χ3n) is 4.67. The molecule has 0 atom stereocenters. The molecule has 6 heteroatoms. The van der Waals surface area contributed by atoms with Gasteiger partial charge >= 0.3 is 0 Å². The van der Waals surface area contributed by atoms with E-state index in [4.69, 9.17) is 9.84 Å². The SMILES string of the molecule is Cc1cc(Nc2ccc3c(c2)OCc2cc(-c4ccccc4)nn2C3)n[nH]1. The fraction of sp³-hybridized carbons (Fsp3) is 0.143. The van der Waals surface area contributed by atoms with Crippen LogP contribution in [0.5, 0.6) is 5.75 Å². The molecule has 0 aliphatic carbocycles. The minimum absolute atomic E-state index is 0.498. The number of hydrogen-bond donors (Lipinski definition) is 2. The zero-order chi connectivity index (χ0) is 18.2. The van der Waals surface area contributed by atoms with Crippen LogP contribution in [0.25, 0.3) is 11.3 Å². The average Bonchev–Trinajstić information content (AvgIpc) is 3.24. The number of rotatable bonds is 3. The van der Waals surface area contributed by atoms with Gasteiger partial charge < -0.3 is 10.1 Å². The van der Waals surface area contributed by atoms with Crippen molar-refractivity contribution in [2.45, 2.75) is 20.1 Å². The summed E-state index contributed by atoms with van der Waals surface area (Å²) in [5.41, 5.74) is 6.24. The van der Waals surface area contributed by atoms with Crippen molar-refractivity contribution in [2.75, 3.05) is 5.32 Å². The van der Waals surface area contributed by atoms with Crippen LogP contribution in [0.3, 0.4) is 0 Å². The van der Waals surface area contributed by atoms with Crippen LogP contribution >= 0.6 is 0 Å². The minimum Gasteiger partial charge on any atom is -0.487 e. The molecule has 0 radical (unpaired) electrons. The Morgan fingerprint density at radius 2 is 1.96 bits per heavy atom. The van der Waals surface area contributed by atoms with Crippen molar-refractivity contribution in [3.05, 3.63) is 77.6 Å². The molecular weight excluding hydrogens is 338 g/mol. The Kier molecular flexibility index (Phi) is 3.67. The van der Waals surface area contributed by atoms with Crippen LogP contribution < -0.4 is 10.1 Å². The smallest absolute Gasteiger partial charge is 0.152 e. The van der Waals surface area contributed by atoms with E-state index in [-0.39, 0.29) is 0 Å². The number of nitrogens with one attached hydrogen (secondary N) is 2. The van der Waals surface area contributed by atoms with Crippen molar-refractivity contribution < 1.29 is 4.74 Å². The first-order chi connectivity index (χ1) is 13.2. The number of anilines is 2. The fourth-order valence-corrected chi connectivity index (χ4v) is 3.30. The summed E-state index contributed by atoms with van der Waals surface area (Å²) in [4.78, 5) is 0. The highest BCUT2D eigenvalue weighted by molar-refractivity contribution is 5.61. The number of benzene rings is 2. The molecule has 2 aromatic carbocycles. The van der Waals surface area contributed by atoms with E-state index >= 15 is 0 Å². The lowest BCUT2D eigenvalue weighted by atomic mass is 10.1. The lowest BCUT2D eigenvalue weighted by Gasteiger charge is -2.10. The Morgan fingerprint density at radius 1 is 1.07 bits per heavy atom. The van der Waals surface area contributed by atoms with E-state index in [0.29, 0.717) is 13.2 Å². The lowest BCUT2D eigenvalue weighted by molar-refractivity contribution is 0.302. The predicted molar refractivity (Wildman–Crippen MR) is 104 cm³/mol. The highest BCUT2D eigenvalue weighted by atomic mass is 16.5. The van der Waals surface area contributed by atoms with Crippen LogP contribution in [0.4, 0.5) is 11.5 Å². The first-order valence-electron chi connectivity index (χ1n) is 8.91. The quantitative estimate of drug-likeness (QED) is 0.575. The number of ether oxygens (including phenoxy) is 1. The highest BCUT2D eigenvalue weighted by Gasteiger charge is 2.17. The van der Waals surface area contributed by atoms with Crippen LogP contribution in [-0.4, -0.2) is 20.0 Å². The number of H-pyrrole nitrogens is 1. The second kappa shape index (κ2) is 6.32. The van der Waals surface area contributed by atoms with Gasteiger partial charge in [-0.1, -0.05) is 36.4 Å². The Balaban J connectivity index is 1.41. The van der Waals surface area contributed by atoms with E-state index in [1.54, 1.807) is 0 Å². The van der Waals surface area contributed by atoms with Gasteiger partial charge in [-0.3, -0.25) is 9.78 Å². The van der Waals surface area contributed by atoms with E-state index in [1.165, 1.54) is 0 Å². The molecule has 4 aromatic rings. The monoisotopic (exact) mass is 357 g/mol. The van der Waals surface area contributed by atoms with Crippen LogP contribution in [0.15, 0.2) is 60.7 Å². The molecule has 3 heterocycles.